The Balaban J connectivity index is 1.48. The molecule has 0 saturated heterocycles. The standard InChI is InChI=1S/C20H14ClN3O4S/c21-12-5-10-17-16(11-12)22-20(28-17)23-19(25)15-3-1-2-4-18(15)29-14-8-6-13(7-9-14)24(26)27/h1-11,20,22H,(H,23,25). The second-order valence-electron chi connectivity index (χ2n) is 6.11. The lowest BCUT2D eigenvalue weighted by molar-refractivity contribution is -0.384. The van der Waals surface area contributed by atoms with Crippen molar-refractivity contribution < 1.29 is 14.5 Å². The molecule has 1 aliphatic heterocycles. The number of amides is 1. The number of anilines is 1. The molecule has 0 fully saturated rings. The third-order valence-corrected chi connectivity index (χ3v) is 5.46. The van der Waals surface area contributed by atoms with E-state index in [1.807, 2.05) is 12.1 Å². The zero-order valence-corrected chi connectivity index (χ0v) is 16.4. The van der Waals surface area contributed by atoms with Gasteiger partial charge in [0.2, 0.25) is 0 Å². The average Bonchev–Trinajstić information content (AvgIpc) is 3.10. The van der Waals surface area contributed by atoms with Crippen molar-refractivity contribution in [3.8, 4) is 5.75 Å². The number of carbonyl (C=O) groups excluding carboxylic acids is 1. The predicted octanol–water partition coefficient (Wildman–Crippen LogP) is 4.92. The van der Waals surface area contributed by atoms with Gasteiger partial charge in [0.15, 0.2) is 0 Å². The van der Waals surface area contributed by atoms with Crippen LogP contribution in [0.4, 0.5) is 11.4 Å². The van der Waals surface area contributed by atoms with Gasteiger partial charge in [-0.25, -0.2) is 0 Å². The molecule has 0 radical (unpaired) electrons. The van der Waals surface area contributed by atoms with Crippen LogP contribution in [0.1, 0.15) is 10.4 Å². The Morgan fingerprint density at radius 1 is 1.14 bits per heavy atom. The number of hydrogen-bond donors (Lipinski definition) is 2. The number of ether oxygens (including phenoxy) is 1. The summed E-state index contributed by atoms with van der Waals surface area (Å²) in [5, 5.41) is 17.2. The van der Waals surface area contributed by atoms with E-state index >= 15 is 0 Å². The fourth-order valence-corrected chi connectivity index (χ4v) is 3.90. The van der Waals surface area contributed by atoms with Crippen LogP contribution in [0, 0.1) is 10.1 Å². The van der Waals surface area contributed by atoms with Crippen LogP contribution >= 0.6 is 23.4 Å². The molecule has 0 aliphatic carbocycles. The maximum absolute atomic E-state index is 12.8. The fourth-order valence-electron chi connectivity index (χ4n) is 2.78. The highest BCUT2D eigenvalue weighted by atomic mass is 35.5. The summed E-state index contributed by atoms with van der Waals surface area (Å²) in [6.45, 7) is 0. The van der Waals surface area contributed by atoms with Gasteiger partial charge >= 0.3 is 0 Å². The van der Waals surface area contributed by atoms with Gasteiger partial charge in [-0.2, -0.15) is 0 Å². The summed E-state index contributed by atoms with van der Waals surface area (Å²) < 4.78 is 5.68. The van der Waals surface area contributed by atoms with E-state index in [-0.39, 0.29) is 11.6 Å². The first kappa shape index (κ1) is 19.1. The first-order valence-corrected chi connectivity index (χ1v) is 9.74. The van der Waals surface area contributed by atoms with Crippen molar-refractivity contribution in [3.63, 3.8) is 0 Å². The van der Waals surface area contributed by atoms with Crippen molar-refractivity contribution in [2.75, 3.05) is 5.32 Å². The van der Waals surface area contributed by atoms with Crippen LogP contribution in [0.5, 0.6) is 5.75 Å². The summed E-state index contributed by atoms with van der Waals surface area (Å²) in [6, 6.07) is 18.5. The Bertz CT molecular complexity index is 1090. The molecule has 9 heteroatoms. The number of benzene rings is 3. The maximum atomic E-state index is 12.8. The molecule has 3 aromatic rings. The normalized spacial score (nSPS) is 14.4. The molecule has 0 spiro atoms. The number of nitrogens with one attached hydrogen (secondary N) is 2. The van der Waals surface area contributed by atoms with Gasteiger partial charge in [0.25, 0.3) is 17.9 Å². The van der Waals surface area contributed by atoms with E-state index in [1.54, 1.807) is 42.5 Å². The molecule has 1 atom stereocenters. The molecular weight excluding hydrogens is 414 g/mol. The molecule has 1 aliphatic rings. The third kappa shape index (κ3) is 4.28. The van der Waals surface area contributed by atoms with E-state index in [4.69, 9.17) is 16.3 Å². The van der Waals surface area contributed by atoms with E-state index in [2.05, 4.69) is 10.6 Å². The monoisotopic (exact) mass is 427 g/mol. The van der Waals surface area contributed by atoms with E-state index in [0.29, 0.717) is 22.0 Å². The van der Waals surface area contributed by atoms with Gasteiger partial charge < -0.3 is 10.1 Å². The van der Waals surface area contributed by atoms with Crippen molar-refractivity contribution in [1.29, 1.82) is 0 Å². The number of carbonyl (C=O) groups is 1. The smallest absolute Gasteiger partial charge is 0.269 e. The molecular formula is C20H14ClN3O4S. The molecule has 146 valence electrons. The van der Waals surface area contributed by atoms with Crippen molar-refractivity contribution in [3.05, 3.63) is 87.4 Å². The first-order chi connectivity index (χ1) is 14.0. The molecule has 0 saturated carbocycles. The van der Waals surface area contributed by atoms with Crippen molar-refractivity contribution in [1.82, 2.24) is 5.32 Å². The number of nitro groups is 1. The lowest BCUT2D eigenvalue weighted by atomic mass is 10.2. The Morgan fingerprint density at radius 2 is 1.90 bits per heavy atom. The summed E-state index contributed by atoms with van der Waals surface area (Å²) in [6.07, 6.45) is -0.714. The molecule has 4 rings (SSSR count). The van der Waals surface area contributed by atoms with Gasteiger partial charge in [0, 0.05) is 26.9 Å². The average molecular weight is 428 g/mol. The highest BCUT2D eigenvalue weighted by Gasteiger charge is 2.24. The van der Waals surface area contributed by atoms with Crippen molar-refractivity contribution in [2.45, 2.75) is 16.1 Å². The number of nitro benzene ring substituents is 1. The molecule has 2 N–H and O–H groups in total. The molecule has 7 nitrogen and oxygen atoms in total. The molecule has 0 aromatic heterocycles. The van der Waals surface area contributed by atoms with Gasteiger partial charge in [0.1, 0.15) is 5.75 Å². The number of halogens is 1. The number of non-ortho nitro benzene ring substituents is 1. The fraction of sp³-hybridized carbons (Fsp3) is 0.0500. The van der Waals surface area contributed by atoms with E-state index in [1.165, 1.54) is 23.9 Å². The van der Waals surface area contributed by atoms with E-state index < -0.39 is 11.3 Å². The van der Waals surface area contributed by atoms with Crippen LogP contribution < -0.4 is 15.4 Å². The summed E-state index contributed by atoms with van der Waals surface area (Å²) in [5.74, 6) is 0.291. The lowest BCUT2D eigenvalue weighted by Crippen LogP contribution is -2.41. The van der Waals surface area contributed by atoms with Crippen LogP contribution in [0.15, 0.2) is 76.5 Å². The zero-order valence-electron chi connectivity index (χ0n) is 14.8. The van der Waals surface area contributed by atoms with Crippen molar-refractivity contribution >= 4 is 40.6 Å². The number of nitrogens with zero attached hydrogens (tertiary/aromatic N) is 1. The Hall–Kier alpha value is -3.23. The van der Waals surface area contributed by atoms with Crippen LogP contribution in [0.3, 0.4) is 0 Å². The van der Waals surface area contributed by atoms with E-state index in [9.17, 15) is 14.9 Å². The quantitative estimate of drug-likeness (QED) is 0.443. The zero-order chi connectivity index (χ0) is 20.4. The molecule has 29 heavy (non-hydrogen) atoms. The Kier molecular flexibility index (Phi) is 5.28. The molecule has 1 heterocycles. The number of fused-ring (bicyclic) bond motifs is 1. The number of rotatable bonds is 5. The molecule has 1 amide bonds. The third-order valence-electron chi connectivity index (χ3n) is 4.14. The van der Waals surface area contributed by atoms with Gasteiger partial charge in [0.05, 0.1) is 16.2 Å². The summed E-state index contributed by atoms with van der Waals surface area (Å²) in [5.41, 5.74) is 1.19. The first-order valence-electron chi connectivity index (χ1n) is 8.54. The number of hydrogen-bond acceptors (Lipinski definition) is 6. The molecule has 0 bridgehead atoms. The SMILES string of the molecule is O=C(NC1Nc2cc(Cl)ccc2O1)c1ccccc1Sc1ccc([N+](=O)[O-])cc1. The largest absolute Gasteiger partial charge is 0.450 e. The second kappa shape index (κ2) is 8.02. The van der Waals surface area contributed by atoms with Crippen LogP contribution in [0.2, 0.25) is 5.02 Å². The molecule has 3 aromatic carbocycles. The summed E-state index contributed by atoms with van der Waals surface area (Å²) in [7, 11) is 0. The molecule has 1 unspecified atom stereocenters. The van der Waals surface area contributed by atoms with Gasteiger partial charge in [-0.1, -0.05) is 35.5 Å². The Labute approximate surface area is 175 Å². The lowest BCUT2D eigenvalue weighted by Gasteiger charge is -2.15. The van der Waals surface area contributed by atoms with Crippen molar-refractivity contribution in [2.24, 2.45) is 0 Å². The van der Waals surface area contributed by atoms with Crippen LogP contribution in [-0.4, -0.2) is 17.2 Å². The highest BCUT2D eigenvalue weighted by molar-refractivity contribution is 7.99. The highest BCUT2D eigenvalue weighted by Crippen LogP contribution is 2.34. The maximum Gasteiger partial charge on any atom is 0.269 e. The minimum atomic E-state index is -0.714. The van der Waals surface area contributed by atoms with Gasteiger partial charge in [-0.15, -0.1) is 0 Å². The van der Waals surface area contributed by atoms with Gasteiger partial charge in [-0.3, -0.25) is 20.2 Å². The second-order valence-corrected chi connectivity index (χ2v) is 7.66. The predicted molar refractivity (Wildman–Crippen MR) is 111 cm³/mol. The minimum absolute atomic E-state index is 0.0181. The van der Waals surface area contributed by atoms with Crippen LogP contribution in [-0.2, 0) is 0 Å². The van der Waals surface area contributed by atoms with Gasteiger partial charge in [-0.05, 0) is 42.5 Å². The minimum Gasteiger partial charge on any atom is -0.450 e. The summed E-state index contributed by atoms with van der Waals surface area (Å²) in [4.78, 5) is 24.7. The van der Waals surface area contributed by atoms with Crippen LogP contribution in [0.25, 0.3) is 0 Å². The Morgan fingerprint density at radius 3 is 2.66 bits per heavy atom. The van der Waals surface area contributed by atoms with E-state index in [0.717, 1.165) is 9.79 Å². The summed E-state index contributed by atoms with van der Waals surface area (Å²) >= 11 is 7.32. The topological polar surface area (TPSA) is 93.5 Å².